The number of hydrogen-bond donors (Lipinski definition) is 0. The molecule has 0 aromatic carbocycles. The number of hydrogen-bond acceptors (Lipinski definition) is 6. The van der Waals surface area contributed by atoms with Crippen LogP contribution in [0, 0.1) is 0 Å². The van der Waals surface area contributed by atoms with E-state index in [1.165, 1.54) is 83.5 Å². The molecule has 0 bridgehead atoms. The van der Waals surface area contributed by atoms with E-state index in [4.69, 9.17) is 14.2 Å². The predicted molar refractivity (Wildman–Crippen MR) is 339 cm³/mol. The monoisotopic (exact) mass is 1080 g/mol. The van der Waals surface area contributed by atoms with Gasteiger partial charge in [-0.1, -0.05) is 256 Å². The van der Waals surface area contributed by atoms with Crippen LogP contribution in [0.4, 0.5) is 0 Å². The maximum Gasteiger partial charge on any atom is 0.306 e. The zero-order valence-electron chi connectivity index (χ0n) is 50.4. The normalized spacial score (nSPS) is 13.1. The standard InChI is InChI=1S/C72H116O6/c1-4-7-10-13-16-19-22-25-27-29-31-33-35-36-38-39-41-43-45-47-50-53-56-59-62-65-71(74)77-68-69(67-76-70(73)64-61-58-55-52-49-24-21-18-15-12-9-6-3)78-72(75)66-63-60-57-54-51-48-46-44-42-40-37-34-32-30-28-26-23-20-17-14-11-8-5-2/h7-8,10-11,16-21,25-28,31-34,36,38,41,43,47,50,69H,4-6,9,12-15,22-24,29-30,35,37,39-40,42,44-46,48-49,51-68H2,1-3H3/b10-7-,11-8-,19-16-,20-17-,21-18-,27-25-,28-26-,33-31-,34-32-,38-36-,43-41-,50-47-. The van der Waals surface area contributed by atoms with Crippen molar-refractivity contribution < 1.29 is 28.6 Å². The minimum atomic E-state index is -0.805. The van der Waals surface area contributed by atoms with Crippen LogP contribution in [-0.4, -0.2) is 37.2 Å². The average molecular weight is 1080 g/mol. The molecule has 0 amide bonds. The average Bonchev–Trinajstić information content (AvgIpc) is 3.44. The number of ether oxygens (including phenoxy) is 3. The fourth-order valence-electron chi connectivity index (χ4n) is 8.35. The molecule has 0 fully saturated rings. The molecule has 0 rings (SSSR count). The Labute approximate surface area is 480 Å². The van der Waals surface area contributed by atoms with Crippen LogP contribution in [0.1, 0.15) is 271 Å². The molecule has 1 atom stereocenters. The molecule has 0 spiro atoms. The van der Waals surface area contributed by atoms with Crippen molar-refractivity contribution in [2.75, 3.05) is 13.2 Å². The lowest BCUT2D eigenvalue weighted by atomic mass is 10.0. The Balaban J connectivity index is 4.42. The van der Waals surface area contributed by atoms with Crippen molar-refractivity contribution in [2.24, 2.45) is 0 Å². The molecule has 0 aliphatic rings. The second kappa shape index (κ2) is 64.8. The molecule has 0 aliphatic heterocycles. The van der Waals surface area contributed by atoms with Crippen LogP contribution in [0.3, 0.4) is 0 Å². The van der Waals surface area contributed by atoms with Crippen molar-refractivity contribution in [2.45, 2.75) is 277 Å². The van der Waals surface area contributed by atoms with Gasteiger partial charge in [0.1, 0.15) is 13.2 Å². The van der Waals surface area contributed by atoms with E-state index in [0.717, 1.165) is 148 Å². The first-order valence-electron chi connectivity index (χ1n) is 31.8. The quantitative estimate of drug-likeness (QED) is 0.0261. The predicted octanol–water partition coefficient (Wildman–Crippen LogP) is 21.9. The van der Waals surface area contributed by atoms with Crippen molar-refractivity contribution in [3.05, 3.63) is 146 Å². The second-order valence-corrected chi connectivity index (χ2v) is 20.5. The lowest BCUT2D eigenvalue weighted by Gasteiger charge is -2.18. The molecular weight excluding hydrogens is 961 g/mol. The fraction of sp³-hybridized carbons (Fsp3) is 0.625. The Kier molecular flexibility index (Phi) is 60.9. The van der Waals surface area contributed by atoms with E-state index in [1.54, 1.807) is 0 Å². The highest BCUT2D eigenvalue weighted by Crippen LogP contribution is 2.15. The van der Waals surface area contributed by atoms with Gasteiger partial charge in [-0.2, -0.15) is 0 Å². The van der Waals surface area contributed by atoms with Gasteiger partial charge in [-0.25, -0.2) is 0 Å². The van der Waals surface area contributed by atoms with Gasteiger partial charge in [0.15, 0.2) is 6.10 Å². The summed E-state index contributed by atoms with van der Waals surface area (Å²) in [6.45, 7) is 6.35. The van der Waals surface area contributed by atoms with Gasteiger partial charge in [-0.15, -0.1) is 0 Å². The van der Waals surface area contributed by atoms with E-state index < -0.39 is 6.10 Å². The molecule has 0 N–H and O–H groups in total. The fourth-order valence-corrected chi connectivity index (χ4v) is 8.35. The summed E-state index contributed by atoms with van der Waals surface area (Å²) in [5, 5.41) is 0. The molecule has 0 aliphatic carbocycles. The Morgan fingerprint density at radius 3 is 0.808 bits per heavy atom. The second-order valence-electron chi connectivity index (χ2n) is 20.5. The van der Waals surface area contributed by atoms with Gasteiger partial charge in [-0.05, 0) is 141 Å². The highest BCUT2D eigenvalue weighted by atomic mass is 16.6. The van der Waals surface area contributed by atoms with Gasteiger partial charge < -0.3 is 14.2 Å². The molecule has 440 valence electrons. The first-order valence-corrected chi connectivity index (χ1v) is 31.8. The number of carbonyl (C=O) groups is 3. The lowest BCUT2D eigenvalue weighted by molar-refractivity contribution is -0.167. The third-order valence-corrected chi connectivity index (χ3v) is 13.1. The third-order valence-electron chi connectivity index (χ3n) is 13.1. The molecule has 0 saturated carbocycles. The number of allylic oxidation sites excluding steroid dienone is 24. The molecule has 0 saturated heterocycles. The topological polar surface area (TPSA) is 78.9 Å². The molecule has 1 unspecified atom stereocenters. The van der Waals surface area contributed by atoms with Crippen LogP contribution in [0.5, 0.6) is 0 Å². The van der Waals surface area contributed by atoms with Gasteiger partial charge in [0, 0.05) is 19.3 Å². The maximum absolute atomic E-state index is 12.9. The summed E-state index contributed by atoms with van der Waals surface area (Å²) < 4.78 is 16.9. The Hall–Kier alpha value is -4.71. The van der Waals surface area contributed by atoms with E-state index in [2.05, 4.69) is 167 Å². The van der Waals surface area contributed by atoms with Crippen molar-refractivity contribution in [3.63, 3.8) is 0 Å². The summed E-state index contributed by atoms with van der Waals surface area (Å²) in [5.41, 5.74) is 0. The lowest BCUT2D eigenvalue weighted by Crippen LogP contribution is -2.30. The van der Waals surface area contributed by atoms with Gasteiger partial charge in [0.05, 0.1) is 0 Å². The largest absolute Gasteiger partial charge is 0.462 e. The van der Waals surface area contributed by atoms with Gasteiger partial charge in [0.2, 0.25) is 0 Å². The highest BCUT2D eigenvalue weighted by molar-refractivity contribution is 5.71. The smallest absolute Gasteiger partial charge is 0.306 e. The zero-order valence-corrected chi connectivity index (χ0v) is 50.4. The molecule has 6 heteroatoms. The van der Waals surface area contributed by atoms with E-state index in [1.807, 2.05) is 0 Å². The van der Waals surface area contributed by atoms with E-state index in [-0.39, 0.29) is 31.1 Å². The highest BCUT2D eigenvalue weighted by Gasteiger charge is 2.19. The molecule has 0 aromatic heterocycles. The minimum absolute atomic E-state index is 0.0994. The van der Waals surface area contributed by atoms with Crippen molar-refractivity contribution in [1.29, 1.82) is 0 Å². The van der Waals surface area contributed by atoms with Crippen LogP contribution in [0.25, 0.3) is 0 Å². The number of esters is 3. The third kappa shape index (κ3) is 62.1. The Morgan fingerprint density at radius 1 is 0.269 bits per heavy atom. The molecule has 78 heavy (non-hydrogen) atoms. The van der Waals surface area contributed by atoms with Crippen LogP contribution in [0.15, 0.2) is 146 Å². The van der Waals surface area contributed by atoms with Crippen LogP contribution in [-0.2, 0) is 28.6 Å². The van der Waals surface area contributed by atoms with E-state index in [0.29, 0.717) is 19.3 Å². The number of carbonyl (C=O) groups excluding carboxylic acids is 3. The summed E-state index contributed by atoms with van der Waals surface area (Å²) in [6.07, 6.45) is 92.8. The summed E-state index contributed by atoms with van der Waals surface area (Å²) >= 11 is 0. The zero-order chi connectivity index (χ0) is 56.4. The SMILES string of the molecule is CC/C=C\C/C=C\C/C=C\C/C=C\C/C=C\C/C=C\C/C=C\CCCCCC(=O)OCC(COC(=O)CCCCCCC/C=C\CCCCC)OC(=O)CCCCCCCCCCCC/C=C\C/C=C\C/C=C\C/C=C\CC. The van der Waals surface area contributed by atoms with Gasteiger partial charge in [0.25, 0.3) is 0 Å². The maximum atomic E-state index is 12.9. The molecule has 0 heterocycles. The van der Waals surface area contributed by atoms with E-state index >= 15 is 0 Å². The Bertz CT molecular complexity index is 1710. The van der Waals surface area contributed by atoms with Crippen molar-refractivity contribution >= 4 is 17.9 Å². The number of unbranched alkanes of at least 4 members (excludes halogenated alkanes) is 21. The first kappa shape index (κ1) is 73.3. The number of rotatable bonds is 56. The Morgan fingerprint density at radius 2 is 0.500 bits per heavy atom. The van der Waals surface area contributed by atoms with Crippen LogP contribution < -0.4 is 0 Å². The minimum Gasteiger partial charge on any atom is -0.462 e. The molecule has 6 nitrogen and oxygen atoms in total. The van der Waals surface area contributed by atoms with Crippen molar-refractivity contribution in [3.8, 4) is 0 Å². The molecule has 0 aromatic rings. The van der Waals surface area contributed by atoms with Gasteiger partial charge in [-0.3, -0.25) is 14.4 Å². The summed E-state index contributed by atoms with van der Waals surface area (Å²) in [5.74, 6) is -0.947. The molecular formula is C72H116O6. The van der Waals surface area contributed by atoms with E-state index in [9.17, 15) is 14.4 Å². The molecule has 0 radical (unpaired) electrons. The van der Waals surface area contributed by atoms with Gasteiger partial charge >= 0.3 is 17.9 Å². The summed E-state index contributed by atoms with van der Waals surface area (Å²) in [7, 11) is 0. The van der Waals surface area contributed by atoms with Crippen molar-refractivity contribution in [1.82, 2.24) is 0 Å². The summed E-state index contributed by atoms with van der Waals surface area (Å²) in [6, 6.07) is 0. The van der Waals surface area contributed by atoms with Crippen LogP contribution in [0.2, 0.25) is 0 Å². The van der Waals surface area contributed by atoms with Crippen LogP contribution >= 0.6 is 0 Å². The first-order chi connectivity index (χ1) is 38.5. The summed E-state index contributed by atoms with van der Waals surface area (Å²) in [4.78, 5) is 38.3.